The molecule has 138 valence electrons. The molecule has 1 fully saturated rings. The van der Waals surface area contributed by atoms with Gasteiger partial charge in [-0.15, -0.1) is 0 Å². The predicted molar refractivity (Wildman–Crippen MR) is 99.8 cm³/mol. The molecule has 0 aromatic heterocycles. The molecule has 1 aliphatic carbocycles. The third-order valence-corrected chi connectivity index (χ3v) is 4.66. The number of ether oxygens (including phenoxy) is 2. The Morgan fingerprint density at radius 3 is 2.78 bits per heavy atom. The number of hydrogen-bond donors (Lipinski definition) is 1. The van der Waals surface area contributed by atoms with Crippen LogP contribution in [-0.2, 0) is 0 Å². The minimum atomic E-state index is -0.546. The number of nitrogens with one attached hydrogen (secondary N) is 1. The third-order valence-electron chi connectivity index (χ3n) is 4.66. The van der Waals surface area contributed by atoms with Gasteiger partial charge in [-0.3, -0.25) is 0 Å². The van der Waals surface area contributed by atoms with Crippen LogP contribution in [0.25, 0.3) is 0 Å². The smallest absolute Gasteiger partial charge is 0.166 e. The molecule has 0 amide bonds. The minimum absolute atomic E-state index is 0.118. The van der Waals surface area contributed by atoms with E-state index in [1.165, 1.54) is 25.0 Å². The molecular formula is C21H20FN3O2. The zero-order valence-corrected chi connectivity index (χ0v) is 14.8. The number of hydrogen-bond acceptors (Lipinski definition) is 5. The number of benzene rings is 2. The summed E-state index contributed by atoms with van der Waals surface area (Å²) >= 11 is 0. The third kappa shape index (κ3) is 3.98. The fourth-order valence-electron chi connectivity index (χ4n) is 3.15. The molecule has 0 spiro atoms. The van der Waals surface area contributed by atoms with Crippen molar-refractivity contribution in [2.24, 2.45) is 5.92 Å². The molecule has 27 heavy (non-hydrogen) atoms. The van der Waals surface area contributed by atoms with E-state index in [1.807, 2.05) is 30.5 Å². The van der Waals surface area contributed by atoms with Gasteiger partial charge in [-0.2, -0.15) is 5.26 Å². The summed E-state index contributed by atoms with van der Waals surface area (Å²) in [6, 6.07) is 13.9. The molecule has 4 rings (SSSR count). The van der Waals surface area contributed by atoms with Crippen molar-refractivity contribution >= 4 is 5.69 Å². The first-order valence-corrected chi connectivity index (χ1v) is 9.01. The van der Waals surface area contributed by atoms with E-state index in [4.69, 9.17) is 14.7 Å². The van der Waals surface area contributed by atoms with Crippen LogP contribution < -0.4 is 19.7 Å². The second-order valence-corrected chi connectivity index (χ2v) is 6.62. The quantitative estimate of drug-likeness (QED) is 0.757. The summed E-state index contributed by atoms with van der Waals surface area (Å²) < 4.78 is 24.9. The van der Waals surface area contributed by atoms with E-state index in [2.05, 4.69) is 22.5 Å². The van der Waals surface area contributed by atoms with Crippen LogP contribution in [0.1, 0.15) is 18.4 Å². The Kier molecular flexibility index (Phi) is 4.84. The molecule has 1 unspecified atom stereocenters. The van der Waals surface area contributed by atoms with E-state index in [0.29, 0.717) is 18.7 Å². The Bertz CT molecular complexity index is 889. The minimum Gasteiger partial charge on any atom is -0.490 e. The van der Waals surface area contributed by atoms with Gasteiger partial charge in [0, 0.05) is 24.2 Å². The van der Waals surface area contributed by atoms with Gasteiger partial charge in [-0.25, -0.2) is 4.39 Å². The average Bonchev–Trinajstić information content (AvgIpc) is 3.42. The molecule has 2 aromatic rings. The molecule has 1 aliphatic heterocycles. The highest BCUT2D eigenvalue weighted by Gasteiger charge is 2.36. The SMILES string of the molecule is N#Cc1ccc(OCCOc2cccc(N3C=CNC3C3CC3)c2)c(F)c1. The first-order chi connectivity index (χ1) is 13.2. The normalized spacial score (nSPS) is 18.1. The van der Waals surface area contributed by atoms with Gasteiger partial charge in [0.15, 0.2) is 11.6 Å². The van der Waals surface area contributed by atoms with Crippen molar-refractivity contribution in [3.8, 4) is 17.6 Å². The number of rotatable bonds is 7. The fraction of sp³-hybridized carbons (Fsp3) is 0.286. The maximum atomic E-state index is 13.8. The molecule has 1 heterocycles. The first kappa shape index (κ1) is 17.2. The van der Waals surface area contributed by atoms with Crippen molar-refractivity contribution in [3.63, 3.8) is 0 Å². The Hall–Kier alpha value is -3.20. The molecule has 5 nitrogen and oxygen atoms in total. The summed E-state index contributed by atoms with van der Waals surface area (Å²) in [6.45, 7) is 0.506. The van der Waals surface area contributed by atoms with Gasteiger partial charge < -0.3 is 19.7 Å². The molecule has 1 atom stereocenters. The van der Waals surface area contributed by atoms with Gasteiger partial charge in [-0.05, 0) is 49.1 Å². The van der Waals surface area contributed by atoms with Gasteiger partial charge in [0.2, 0.25) is 0 Å². The molecule has 0 bridgehead atoms. The summed E-state index contributed by atoms with van der Waals surface area (Å²) in [5, 5.41) is 12.2. The van der Waals surface area contributed by atoms with E-state index in [9.17, 15) is 4.39 Å². The van der Waals surface area contributed by atoms with Gasteiger partial charge in [0.05, 0.1) is 11.6 Å². The lowest BCUT2D eigenvalue weighted by Gasteiger charge is -2.26. The highest BCUT2D eigenvalue weighted by molar-refractivity contribution is 5.55. The number of anilines is 1. The lowest BCUT2D eigenvalue weighted by molar-refractivity contribution is 0.211. The predicted octanol–water partition coefficient (Wildman–Crippen LogP) is 3.77. The Labute approximate surface area is 157 Å². The van der Waals surface area contributed by atoms with Crippen LogP contribution in [-0.4, -0.2) is 19.4 Å². The van der Waals surface area contributed by atoms with Gasteiger partial charge >= 0.3 is 0 Å². The lowest BCUT2D eigenvalue weighted by atomic mass is 10.2. The van der Waals surface area contributed by atoms with E-state index in [0.717, 1.165) is 17.5 Å². The molecule has 1 saturated carbocycles. The second kappa shape index (κ2) is 7.58. The summed E-state index contributed by atoms with van der Waals surface area (Å²) in [6.07, 6.45) is 6.88. The topological polar surface area (TPSA) is 57.5 Å². The van der Waals surface area contributed by atoms with E-state index in [-0.39, 0.29) is 17.9 Å². The molecule has 0 radical (unpaired) electrons. The standard InChI is InChI=1S/C21H20FN3O2/c22-19-12-15(14-23)4-7-20(19)27-11-10-26-18-3-1-2-17(13-18)25-9-8-24-21(25)16-5-6-16/h1-4,7-9,12-13,16,21,24H,5-6,10-11H2. The van der Waals surface area contributed by atoms with Gasteiger partial charge in [0.1, 0.15) is 25.1 Å². The van der Waals surface area contributed by atoms with Crippen molar-refractivity contribution in [2.75, 3.05) is 18.1 Å². The highest BCUT2D eigenvalue weighted by atomic mass is 19.1. The van der Waals surface area contributed by atoms with Gasteiger partial charge in [0.25, 0.3) is 0 Å². The molecule has 2 aromatic carbocycles. The lowest BCUT2D eigenvalue weighted by Crippen LogP contribution is -2.37. The summed E-state index contributed by atoms with van der Waals surface area (Å²) in [5.74, 6) is 1.01. The van der Waals surface area contributed by atoms with Gasteiger partial charge in [-0.1, -0.05) is 6.07 Å². The van der Waals surface area contributed by atoms with Crippen molar-refractivity contribution in [1.82, 2.24) is 5.32 Å². The molecular weight excluding hydrogens is 345 g/mol. The summed E-state index contributed by atoms with van der Waals surface area (Å²) in [7, 11) is 0. The molecule has 2 aliphatic rings. The maximum Gasteiger partial charge on any atom is 0.166 e. The Balaban J connectivity index is 1.31. The zero-order chi connectivity index (χ0) is 18.6. The number of nitriles is 1. The van der Waals surface area contributed by atoms with Crippen LogP contribution in [0.2, 0.25) is 0 Å². The monoisotopic (exact) mass is 365 g/mol. The van der Waals surface area contributed by atoms with Crippen LogP contribution in [0.15, 0.2) is 54.9 Å². The van der Waals surface area contributed by atoms with Crippen LogP contribution in [0.3, 0.4) is 0 Å². The number of halogens is 1. The fourth-order valence-corrected chi connectivity index (χ4v) is 3.15. The van der Waals surface area contributed by atoms with Crippen LogP contribution in [0, 0.1) is 23.1 Å². The zero-order valence-electron chi connectivity index (χ0n) is 14.8. The Morgan fingerprint density at radius 2 is 2.00 bits per heavy atom. The van der Waals surface area contributed by atoms with Crippen molar-refractivity contribution in [2.45, 2.75) is 19.0 Å². The summed E-state index contributed by atoms with van der Waals surface area (Å²) in [5.41, 5.74) is 1.34. The van der Waals surface area contributed by atoms with E-state index >= 15 is 0 Å². The van der Waals surface area contributed by atoms with E-state index < -0.39 is 5.82 Å². The second-order valence-electron chi connectivity index (χ2n) is 6.62. The highest BCUT2D eigenvalue weighted by Crippen LogP contribution is 2.38. The van der Waals surface area contributed by atoms with Crippen molar-refractivity contribution < 1.29 is 13.9 Å². The molecule has 6 heteroatoms. The maximum absolute atomic E-state index is 13.8. The van der Waals surface area contributed by atoms with Crippen LogP contribution in [0.4, 0.5) is 10.1 Å². The first-order valence-electron chi connectivity index (χ1n) is 9.01. The van der Waals surface area contributed by atoms with Crippen molar-refractivity contribution in [3.05, 3.63) is 66.2 Å². The van der Waals surface area contributed by atoms with Crippen LogP contribution in [0.5, 0.6) is 11.5 Å². The summed E-state index contributed by atoms with van der Waals surface area (Å²) in [4.78, 5) is 2.23. The largest absolute Gasteiger partial charge is 0.490 e. The van der Waals surface area contributed by atoms with Crippen molar-refractivity contribution in [1.29, 1.82) is 5.26 Å². The van der Waals surface area contributed by atoms with E-state index in [1.54, 1.807) is 0 Å². The number of nitrogens with zero attached hydrogens (tertiary/aromatic N) is 2. The van der Waals surface area contributed by atoms with Crippen LogP contribution >= 0.6 is 0 Å². The average molecular weight is 365 g/mol. The Morgan fingerprint density at radius 1 is 1.15 bits per heavy atom. The molecule has 0 saturated heterocycles. The molecule has 1 N–H and O–H groups in total.